The molecule has 1 fully saturated rings. The van der Waals surface area contributed by atoms with E-state index < -0.39 is 14.6 Å². The Kier molecular flexibility index (Phi) is 6.07. The van der Waals surface area contributed by atoms with E-state index in [1.54, 1.807) is 31.4 Å². The molecule has 1 aliphatic rings. The van der Waals surface area contributed by atoms with Crippen LogP contribution >= 0.6 is 0 Å². The van der Waals surface area contributed by atoms with Gasteiger partial charge in [-0.3, -0.25) is 4.90 Å². The van der Waals surface area contributed by atoms with Crippen molar-refractivity contribution in [3.05, 3.63) is 30.3 Å². The summed E-state index contributed by atoms with van der Waals surface area (Å²) in [6, 6.07) is 8.69. The molecule has 1 saturated heterocycles. The number of ether oxygens (including phenoxy) is 2. The van der Waals surface area contributed by atoms with Crippen molar-refractivity contribution in [3.63, 3.8) is 0 Å². The number of benzene rings is 1. The molecule has 0 aliphatic carbocycles. The molecule has 2 rings (SSSR count). The molecule has 1 heterocycles. The molecule has 1 aromatic carbocycles. The largest absolute Gasteiger partial charge is 0.383 e. The Morgan fingerprint density at radius 3 is 2.21 bits per heavy atom. The lowest BCUT2D eigenvalue weighted by molar-refractivity contribution is -0.0717. The minimum Gasteiger partial charge on any atom is -0.383 e. The molecule has 136 valence electrons. The van der Waals surface area contributed by atoms with E-state index in [2.05, 4.69) is 4.90 Å². The standard InChI is InChI=1S/C18H29NO4S/c1-17(2,3)23-15-19-12-10-18(11-13-19,14-22-4)24(20,21)16-8-6-5-7-9-16/h5-9H,10-15H2,1-4H3. The third kappa shape index (κ3) is 4.36. The maximum atomic E-state index is 13.2. The summed E-state index contributed by atoms with van der Waals surface area (Å²) < 4.78 is 36.7. The molecule has 0 saturated carbocycles. The van der Waals surface area contributed by atoms with Gasteiger partial charge in [0.15, 0.2) is 9.84 Å². The van der Waals surface area contributed by atoms with Gasteiger partial charge in [0.05, 0.1) is 23.8 Å². The minimum atomic E-state index is -3.45. The van der Waals surface area contributed by atoms with Gasteiger partial charge in [0, 0.05) is 20.2 Å². The van der Waals surface area contributed by atoms with E-state index in [1.807, 2.05) is 26.8 Å². The van der Waals surface area contributed by atoms with Crippen molar-refractivity contribution < 1.29 is 17.9 Å². The molecule has 1 aromatic rings. The van der Waals surface area contributed by atoms with Crippen molar-refractivity contribution >= 4 is 9.84 Å². The minimum absolute atomic E-state index is 0.197. The zero-order chi connectivity index (χ0) is 17.8. The van der Waals surface area contributed by atoms with E-state index in [-0.39, 0.29) is 12.2 Å². The molecule has 5 nitrogen and oxygen atoms in total. The van der Waals surface area contributed by atoms with Gasteiger partial charge in [-0.25, -0.2) is 8.42 Å². The van der Waals surface area contributed by atoms with Gasteiger partial charge in [-0.2, -0.15) is 0 Å². The lowest BCUT2D eigenvalue weighted by atomic mass is 9.97. The van der Waals surface area contributed by atoms with Crippen molar-refractivity contribution in [1.29, 1.82) is 0 Å². The summed E-state index contributed by atoms with van der Waals surface area (Å²) in [5.41, 5.74) is -0.197. The topological polar surface area (TPSA) is 55.8 Å². The maximum absolute atomic E-state index is 13.2. The number of piperidine rings is 1. The zero-order valence-corrected chi connectivity index (χ0v) is 15.9. The van der Waals surface area contributed by atoms with Crippen molar-refractivity contribution in [2.24, 2.45) is 0 Å². The highest BCUT2D eigenvalue weighted by atomic mass is 32.2. The molecule has 0 unspecified atom stereocenters. The summed E-state index contributed by atoms with van der Waals surface area (Å²) in [7, 11) is -1.88. The molecule has 0 spiro atoms. The monoisotopic (exact) mass is 355 g/mol. The lowest BCUT2D eigenvalue weighted by Crippen LogP contribution is -2.52. The fourth-order valence-electron chi connectivity index (χ4n) is 2.98. The molecule has 0 atom stereocenters. The smallest absolute Gasteiger partial charge is 0.186 e. The van der Waals surface area contributed by atoms with E-state index in [0.29, 0.717) is 37.6 Å². The fourth-order valence-corrected chi connectivity index (χ4v) is 4.99. The fraction of sp³-hybridized carbons (Fsp3) is 0.667. The first-order chi connectivity index (χ1) is 11.2. The number of likely N-dealkylation sites (tertiary alicyclic amines) is 1. The van der Waals surface area contributed by atoms with Crippen LogP contribution < -0.4 is 0 Å². The predicted octanol–water partition coefficient (Wildman–Crippen LogP) is 2.71. The first kappa shape index (κ1) is 19.4. The highest BCUT2D eigenvalue weighted by molar-refractivity contribution is 7.92. The van der Waals surface area contributed by atoms with Crippen molar-refractivity contribution in [3.8, 4) is 0 Å². The van der Waals surface area contributed by atoms with Crippen LogP contribution in [0.1, 0.15) is 33.6 Å². The molecule has 6 heteroatoms. The van der Waals surface area contributed by atoms with Gasteiger partial charge in [0.25, 0.3) is 0 Å². The zero-order valence-electron chi connectivity index (χ0n) is 15.1. The van der Waals surface area contributed by atoms with E-state index >= 15 is 0 Å². The summed E-state index contributed by atoms with van der Waals surface area (Å²) >= 11 is 0. The summed E-state index contributed by atoms with van der Waals surface area (Å²) in [6.07, 6.45) is 1.09. The summed E-state index contributed by atoms with van der Waals surface area (Å²) in [5, 5.41) is 0. The first-order valence-corrected chi connectivity index (χ1v) is 9.83. The highest BCUT2D eigenvalue weighted by Crippen LogP contribution is 2.36. The van der Waals surface area contributed by atoms with Crippen LogP contribution in [0, 0.1) is 0 Å². The Bertz CT molecular complexity index is 614. The number of rotatable bonds is 6. The van der Waals surface area contributed by atoms with Gasteiger partial charge in [-0.05, 0) is 45.7 Å². The molecule has 0 radical (unpaired) electrons. The van der Waals surface area contributed by atoms with Crippen molar-refractivity contribution in [2.45, 2.75) is 48.9 Å². The molecule has 0 N–H and O–H groups in total. The summed E-state index contributed by atoms with van der Waals surface area (Å²) in [5.74, 6) is 0. The number of methoxy groups -OCH3 is 1. The second-order valence-electron chi connectivity index (χ2n) is 7.44. The summed E-state index contributed by atoms with van der Waals surface area (Å²) in [4.78, 5) is 2.54. The van der Waals surface area contributed by atoms with Crippen molar-refractivity contribution in [2.75, 3.05) is 33.5 Å². The summed E-state index contributed by atoms with van der Waals surface area (Å²) in [6.45, 7) is 8.18. The normalized spacial score (nSPS) is 19.3. The Labute approximate surface area is 145 Å². The third-order valence-corrected chi connectivity index (χ3v) is 7.04. The number of nitrogens with zero attached hydrogens (tertiary/aromatic N) is 1. The molecule has 0 aromatic heterocycles. The van der Waals surface area contributed by atoms with Gasteiger partial charge < -0.3 is 9.47 Å². The van der Waals surface area contributed by atoms with Gasteiger partial charge >= 0.3 is 0 Å². The second-order valence-corrected chi connectivity index (χ2v) is 9.78. The van der Waals surface area contributed by atoms with Gasteiger partial charge in [0.1, 0.15) is 4.75 Å². The molecule has 1 aliphatic heterocycles. The van der Waals surface area contributed by atoms with Crippen LogP contribution in [-0.2, 0) is 19.3 Å². The molecule has 24 heavy (non-hydrogen) atoms. The molecular formula is C18H29NO4S. The van der Waals surface area contributed by atoms with Crippen LogP contribution in [0.2, 0.25) is 0 Å². The van der Waals surface area contributed by atoms with Gasteiger partial charge in [-0.15, -0.1) is 0 Å². The van der Waals surface area contributed by atoms with Crippen LogP contribution in [0.25, 0.3) is 0 Å². The van der Waals surface area contributed by atoms with E-state index in [1.165, 1.54) is 0 Å². The van der Waals surface area contributed by atoms with Crippen LogP contribution in [0.5, 0.6) is 0 Å². The Balaban J connectivity index is 2.14. The third-order valence-electron chi connectivity index (χ3n) is 4.48. The quantitative estimate of drug-likeness (QED) is 0.785. The van der Waals surface area contributed by atoms with E-state index in [4.69, 9.17) is 9.47 Å². The van der Waals surface area contributed by atoms with Gasteiger partial charge in [-0.1, -0.05) is 18.2 Å². The van der Waals surface area contributed by atoms with E-state index in [0.717, 1.165) is 0 Å². The van der Waals surface area contributed by atoms with Crippen LogP contribution in [-0.4, -0.2) is 57.2 Å². The molecule has 0 amide bonds. The van der Waals surface area contributed by atoms with Crippen LogP contribution in [0.3, 0.4) is 0 Å². The van der Waals surface area contributed by atoms with Gasteiger partial charge in [0.2, 0.25) is 0 Å². The van der Waals surface area contributed by atoms with Crippen molar-refractivity contribution in [1.82, 2.24) is 4.90 Å². The lowest BCUT2D eigenvalue weighted by Gasteiger charge is -2.41. The maximum Gasteiger partial charge on any atom is 0.186 e. The van der Waals surface area contributed by atoms with Crippen LogP contribution in [0.4, 0.5) is 0 Å². The molecule has 0 bridgehead atoms. The Hall–Kier alpha value is -0.950. The van der Waals surface area contributed by atoms with Crippen LogP contribution in [0.15, 0.2) is 35.2 Å². The predicted molar refractivity (Wildman–Crippen MR) is 94.7 cm³/mol. The average molecular weight is 356 g/mol. The average Bonchev–Trinajstić information content (AvgIpc) is 2.54. The second kappa shape index (κ2) is 7.52. The SMILES string of the molecule is COCC1(S(=O)(=O)c2ccccc2)CCN(COC(C)(C)C)CC1. The highest BCUT2D eigenvalue weighted by Gasteiger charge is 2.46. The Morgan fingerprint density at radius 1 is 1.12 bits per heavy atom. The number of sulfone groups is 1. The Morgan fingerprint density at radius 2 is 1.71 bits per heavy atom. The number of hydrogen-bond acceptors (Lipinski definition) is 5. The first-order valence-electron chi connectivity index (χ1n) is 8.35. The number of hydrogen-bond donors (Lipinski definition) is 0. The van der Waals surface area contributed by atoms with E-state index in [9.17, 15) is 8.42 Å². The molecular weight excluding hydrogens is 326 g/mol.